The van der Waals surface area contributed by atoms with Crippen molar-refractivity contribution in [2.45, 2.75) is 186 Å². The maximum atomic E-state index is 10.5. The highest BCUT2D eigenvalue weighted by atomic mass is 19.4. The highest BCUT2D eigenvalue weighted by molar-refractivity contribution is 5.71. The molecule has 3 heterocycles. The molecule has 0 N–H and O–H groups in total. The molecule has 0 fully saturated rings. The van der Waals surface area contributed by atoms with Gasteiger partial charge in [-0.2, -0.15) is 26.3 Å². The first-order chi connectivity index (χ1) is 25.3. The third kappa shape index (κ3) is 28.0. The molecule has 53 heavy (non-hydrogen) atoms. The van der Waals surface area contributed by atoms with Gasteiger partial charge in [-0.05, 0) is 50.7 Å². The summed E-state index contributed by atoms with van der Waals surface area (Å²) >= 11 is 0. The van der Waals surface area contributed by atoms with Crippen LogP contribution in [0.1, 0.15) is 159 Å². The van der Waals surface area contributed by atoms with E-state index in [9.17, 15) is 26.3 Å². The topological polar surface area (TPSA) is 88.0 Å². The number of halogens is 6. The standard InChI is InChI=1S/C37H62N2.2C2HF3O2/c1-2-6-10-14-18-22-30-38-32-25-29-37(35-38)27-21-17-13-9-5-3-7-11-15-19-23-31-39-33-24-28-36(34-39)26-20-16-12-8-4-1;2*3-2(4,5)1(6)7/h24-25,28-29,32-35H,1-23,26-27,30-31H2;2*(H,6,7)/q+2;;/p-2. The van der Waals surface area contributed by atoms with Crippen LogP contribution in [0.4, 0.5) is 26.3 Å². The van der Waals surface area contributed by atoms with Crippen LogP contribution in [0.2, 0.25) is 0 Å². The SMILES string of the molecule is O=C([O-])C(F)(F)F.O=C([O-])C(F)(F)F.c1cc2c[n+](c1)CCCCCCCCCCCCCCc1ccc[n+](c1)CCCCCCCCCCCCC2. The van der Waals surface area contributed by atoms with Crippen LogP contribution in [0.25, 0.3) is 0 Å². The lowest BCUT2D eigenvalue weighted by Crippen LogP contribution is -2.37. The number of nitrogens with zero attached hydrogens (tertiary/aromatic N) is 2. The zero-order valence-corrected chi connectivity index (χ0v) is 31.5. The number of pyridine rings is 2. The summed E-state index contributed by atoms with van der Waals surface area (Å²) in [6, 6.07) is 9.19. The summed E-state index contributed by atoms with van der Waals surface area (Å²) in [5.41, 5.74) is 3.07. The van der Waals surface area contributed by atoms with Gasteiger partial charge in [-0.3, -0.25) is 0 Å². The largest absolute Gasteiger partial charge is 0.542 e. The highest BCUT2D eigenvalue weighted by Crippen LogP contribution is 2.16. The second-order valence-corrected chi connectivity index (χ2v) is 14.1. The van der Waals surface area contributed by atoms with Gasteiger partial charge in [0, 0.05) is 36.1 Å². The monoisotopic (exact) mass is 760 g/mol. The van der Waals surface area contributed by atoms with Gasteiger partial charge in [-0.25, -0.2) is 9.13 Å². The van der Waals surface area contributed by atoms with Gasteiger partial charge in [0.2, 0.25) is 0 Å². The number of carboxylic acid groups (broad SMARTS) is 2. The minimum Gasteiger partial charge on any atom is -0.542 e. The second kappa shape index (κ2) is 29.2. The Kier molecular flexibility index (Phi) is 26.4. The number of carbonyl (C=O) groups excluding carboxylic acids is 2. The molecule has 2 aromatic rings. The molecule has 0 aromatic carbocycles. The number of rotatable bonds is 0. The Labute approximate surface area is 313 Å². The number of alkyl halides is 6. The van der Waals surface area contributed by atoms with Crippen LogP contribution in [0.5, 0.6) is 0 Å². The minimum absolute atomic E-state index is 1.19. The molecule has 0 aliphatic carbocycles. The van der Waals surface area contributed by atoms with Crippen LogP contribution in [0.3, 0.4) is 0 Å². The number of carbonyl (C=O) groups is 2. The summed E-state index contributed by atoms with van der Waals surface area (Å²) in [5.74, 6) is -6.01. The van der Waals surface area contributed by atoms with Gasteiger partial charge in [0.1, 0.15) is 25.0 Å². The zero-order valence-electron chi connectivity index (χ0n) is 31.5. The summed E-state index contributed by atoms with van der Waals surface area (Å²) in [6.07, 6.45) is 33.9. The fourth-order valence-electron chi connectivity index (χ4n) is 6.33. The van der Waals surface area contributed by atoms with Gasteiger partial charge in [-0.15, -0.1) is 0 Å². The number of aryl methyl sites for hydroxylation is 4. The molecule has 12 heteroatoms. The van der Waals surface area contributed by atoms with Crippen LogP contribution in [-0.4, -0.2) is 24.3 Å². The fraction of sp³-hybridized carbons (Fsp3) is 0.707. The average Bonchev–Trinajstić information content (AvgIpc) is 3.10. The highest BCUT2D eigenvalue weighted by Gasteiger charge is 2.29. The van der Waals surface area contributed by atoms with Crippen LogP contribution in [0, 0.1) is 0 Å². The molecular formula is C41H62F6N2O4. The van der Waals surface area contributed by atoms with Crippen molar-refractivity contribution in [3.05, 3.63) is 60.2 Å². The summed E-state index contributed by atoms with van der Waals surface area (Å²) < 4.78 is 68.0. The maximum absolute atomic E-state index is 10.5. The van der Waals surface area contributed by atoms with E-state index in [2.05, 4.69) is 58.2 Å². The number of aromatic nitrogens is 2. The molecule has 0 radical (unpaired) electrons. The van der Waals surface area contributed by atoms with Gasteiger partial charge >= 0.3 is 12.4 Å². The molecule has 3 rings (SSSR count). The number of hydrogen-bond acceptors (Lipinski definition) is 4. The Hall–Kier alpha value is -3.18. The summed E-state index contributed by atoms with van der Waals surface area (Å²) in [7, 11) is 0. The molecular weight excluding hydrogens is 698 g/mol. The molecule has 0 spiro atoms. The van der Waals surface area contributed by atoms with Gasteiger partial charge in [-0.1, -0.05) is 109 Å². The Morgan fingerprint density at radius 3 is 0.906 bits per heavy atom. The number of aliphatic carboxylic acids is 2. The number of fused-ring (bicyclic) bond motifs is 4. The van der Waals surface area contributed by atoms with E-state index in [1.165, 1.54) is 185 Å². The van der Waals surface area contributed by atoms with Crippen molar-refractivity contribution in [1.29, 1.82) is 0 Å². The van der Waals surface area contributed by atoms with Crippen LogP contribution in [0.15, 0.2) is 49.1 Å². The van der Waals surface area contributed by atoms with Crippen molar-refractivity contribution in [1.82, 2.24) is 0 Å². The first-order valence-corrected chi connectivity index (χ1v) is 19.8. The lowest BCUT2D eigenvalue weighted by Gasteiger charge is -2.04. The molecule has 1 aliphatic rings. The van der Waals surface area contributed by atoms with E-state index < -0.39 is 24.3 Å². The van der Waals surface area contributed by atoms with Gasteiger partial charge in [0.05, 0.1) is 0 Å². The molecule has 4 bridgehead atoms. The van der Waals surface area contributed by atoms with Crippen molar-refractivity contribution in [2.24, 2.45) is 0 Å². The van der Waals surface area contributed by atoms with Crippen molar-refractivity contribution in [3.8, 4) is 0 Å². The van der Waals surface area contributed by atoms with Crippen molar-refractivity contribution in [2.75, 3.05) is 0 Å². The Morgan fingerprint density at radius 1 is 0.434 bits per heavy atom. The molecule has 0 atom stereocenters. The van der Waals surface area contributed by atoms with E-state index in [0.717, 1.165) is 0 Å². The Balaban J connectivity index is 0.000000845. The lowest BCUT2D eigenvalue weighted by atomic mass is 10.0. The maximum Gasteiger partial charge on any atom is 0.430 e. The van der Waals surface area contributed by atoms with Crippen LogP contribution >= 0.6 is 0 Å². The van der Waals surface area contributed by atoms with Gasteiger partial charge in [0.15, 0.2) is 24.8 Å². The van der Waals surface area contributed by atoms with Crippen molar-refractivity contribution in [3.63, 3.8) is 0 Å². The van der Waals surface area contributed by atoms with Crippen molar-refractivity contribution < 1.29 is 55.3 Å². The smallest absolute Gasteiger partial charge is 0.430 e. The Bertz CT molecular complexity index is 1150. The van der Waals surface area contributed by atoms with Gasteiger partial charge < -0.3 is 19.8 Å². The normalized spacial score (nSPS) is 17.8. The molecule has 302 valence electrons. The molecule has 0 unspecified atom stereocenters. The molecule has 0 amide bonds. The van der Waals surface area contributed by atoms with E-state index in [-0.39, 0.29) is 0 Å². The summed E-state index contributed by atoms with van der Waals surface area (Å²) in [4.78, 5) is 17.6. The average molecular weight is 761 g/mol. The predicted molar refractivity (Wildman–Crippen MR) is 189 cm³/mol. The van der Waals surface area contributed by atoms with Crippen molar-refractivity contribution >= 4 is 11.9 Å². The van der Waals surface area contributed by atoms with E-state index in [0.29, 0.717) is 0 Å². The second-order valence-electron chi connectivity index (χ2n) is 14.1. The summed E-state index contributed by atoms with van der Waals surface area (Å²) in [6.45, 7) is 2.38. The molecule has 0 saturated carbocycles. The first kappa shape index (κ1) is 47.8. The van der Waals surface area contributed by atoms with E-state index in [4.69, 9.17) is 19.8 Å². The third-order valence-corrected chi connectivity index (χ3v) is 9.32. The van der Waals surface area contributed by atoms with Gasteiger partial charge in [0.25, 0.3) is 0 Å². The molecule has 2 aromatic heterocycles. The predicted octanol–water partition coefficient (Wildman–Crippen LogP) is 8.63. The van der Waals surface area contributed by atoms with Crippen LogP contribution in [-0.2, 0) is 35.5 Å². The first-order valence-electron chi connectivity index (χ1n) is 19.8. The lowest BCUT2D eigenvalue weighted by molar-refractivity contribution is -0.697. The molecule has 0 saturated heterocycles. The molecule has 1 aliphatic heterocycles. The minimum atomic E-state index is -5.19. The fourth-order valence-corrected chi connectivity index (χ4v) is 6.33. The number of carboxylic acids is 2. The van der Waals surface area contributed by atoms with E-state index >= 15 is 0 Å². The quantitative estimate of drug-likeness (QED) is 0.199. The van der Waals surface area contributed by atoms with E-state index in [1.54, 1.807) is 0 Å². The Morgan fingerprint density at radius 2 is 0.660 bits per heavy atom. The molecule has 6 nitrogen and oxygen atoms in total. The summed E-state index contributed by atoms with van der Waals surface area (Å²) in [5, 5.41) is 17.6. The number of hydrogen-bond donors (Lipinski definition) is 0. The van der Waals surface area contributed by atoms with Crippen LogP contribution < -0.4 is 19.3 Å². The third-order valence-electron chi connectivity index (χ3n) is 9.32. The van der Waals surface area contributed by atoms with E-state index in [1.807, 2.05) is 0 Å². The zero-order chi connectivity index (χ0) is 39.2.